The van der Waals surface area contributed by atoms with E-state index in [4.69, 9.17) is 10.2 Å². The average Bonchev–Trinajstić information content (AvgIpc) is 2.46. The minimum Gasteiger partial charge on any atom is -0.481 e. The van der Waals surface area contributed by atoms with Crippen LogP contribution in [0.15, 0.2) is 0 Å². The van der Waals surface area contributed by atoms with Crippen molar-refractivity contribution in [3.05, 3.63) is 0 Å². The van der Waals surface area contributed by atoms with Gasteiger partial charge in [-0.15, -0.1) is 0 Å². The summed E-state index contributed by atoms with van der Waals surface area (Å²) in [5.41, 5.74) is 0. The fraction of sp³-hybridized carbons (Fsp3) is 0.500. The van der Waals surface area contributed by atoms with Gasteiger partial charge in [-0.2, -0.15) is 10.0 Å². The first-order valence-electron chi connectivity index (χ1n) is 6.30. The van der Waals surface area contributed by atoms with Gasteiger partial charge in [0.05, 0.1) is 17.3 Å². The molecule has 0 saturated heterocycles. The molecule has 0 bridgehead atoms. The van der Waals surface area contributed by atoms with Crippen molar-refractivity contribution in [1.29, 1.82) is 0 Å². The Morgan fingerprint density at radius 3 is 1.43 bits per heavy atom. The average molecular weight is 442 g/mol. The molecule has 0 heterocycles. The topological polar surface area (TPSA) is 149 Å². The number of hydrogen-bond acceptors (Lipinski definition) is 6. The third kappa shape index (κ3) is 7.17. The van der Waals surface area contributed by atoms with Crippen LogP contribution in [0, 0.1) is 0 Å². The minimum absolute atomic E-state index is 0.243. The Hall–Kier alpha value is -2.05. The van der Waals surface area contributed by atoms with Crippen LogP contribution in [0.1, 0.15) is 32.6 Å². The molecule has 0 rings (SSSR count). The van der Waals surface area contributed by atoms with Crippen LogP contribution in [-0.2, 0) is 28.8 Å². The molecule has 0 saturated carbocycles. The normalized spacial score (nSPS) is 9.83. The molecule has 0 aromatic carbocycles. The lowest BCUT2D eigenvalue weighted by atomic mass is 10.2. The van der Waals surface area contributed by atoms with Gasteiger partial charge in [0.25, 0.3) is 5.91 Å². The number of carboxylic acids is 2. The first-order chi connectivity index (χ1) is 10.6. The predicted octanol–water partition coefficient (Wildman–Crippen LogP) is -0.204. The van der Waals surface area contributed by atoms with E-state index in [1.54, 1.807) is 22.6 Å². The van der Waals surface area contributed by atoms with Gasteiger partial charge in [0.2, 0.25) is 17.7 Å². The van der Waals surface area contributed by atoms with E-state index < -0.39 is 61.3 Å². The van der Waals surface area contributed by atoms with E-state index >= 15 is 0 Å². The summed E-state index contributed by atoms with van der Waals surface area (Å²) in [6.45, 7) is 0.927. The molecule has 0 aliphatic heterocycles. The van der Waals surface area contributed by atoms with Crippen molar-refractivity contribution in [3.63, 3.8) is 0 Å². The van der Waals surface area contributed by atoms with Gasteiger partial charge in [-0.25, -0.2) is 0 Å². The quantitative estimate of drug-likeness (QED) is 0.313. The molecule has 128 valence electrons. The maximum atomic E-state index is 12.0. The molecule has 4 amide bonds. The Morgan fingerprint density at radius 1 is 0.739 bits per heavy atom. The smallest absolute Gasteiger partial charge is 0.303 e. The van der Waals surface area contributed by atoms with Crippen LogP contribution in [0.3, 0.4) is 0 Å². The van der Waals surface area contributed by atoms with Gasteiger partial charge in [-0.05, 0) is 0 Å². The van der Waals surface area contributed by atoms with Crippen molar-refractivity contribution in [2.24, 2.45) is 0 Å². The standard InChI is InChI=1S/C12H15IN2O8/c1-7(16)14(8(17)2-4-11(20)21)15(10(19)6-13)9(18)3-5-12(22)23/h2-6H2,1H3,(H,20,21)(H,22,23). The molecule has 23 heavy (non-hydrogen) atoms. The summed E-state index contributed by atoms with van der Waals surface area (Å²) >= 11 is 1.61. The fourth-order valence-corrected chi connectivity index (χ4v) is 1.81. The molecular weight excluding hydrogens is 427 g/mol. The zero-order valence-electron chi connectivity index (χ0n) is 12.2. The number of rotatable bonds is 7. The lowest BCUT2D eigenvalue weighted by Crippen LogP contribution is -2.55. The number of carboxylic acid groups (broad SMARTS) is 2. The Labute approximate surface area is 144 Å². The summed E-state index contributed by atoms with van der Waals surface area (Å²) in [6.07, 6.45) is -2.35. The number of nitrogens with zero attached hydrogens (tertiary/aromatic N) is 2. The van der Waals surface area contributed by atoms with Crippen LogP contribution in [0.5, 0.6) is 0 Å². The molecule has 0 atom stereocenters. The largest absolute Gasteiger partial charge is 0.481 e. The maximum Gasteiger partial charge on any atom is 0.303 e. The van der Waals surface area contributed by atoms with Crippen LogP contribution in [0.2, 0.25) is 0 Å². The first-order valence-corrected chi connectivity index (χ1v) is 7.83. The molecule has 0 aliphatic carbocycles. The molecule has 10 nitrogen and oxygen atoms in total. The number of aliphatic carboxylic acids is 2. The van der Waals surface area contributed by atoms with E-state index in [-0.39, 0.29) is 14.4 Å². The van der Waals surface area contributed by atoms with Crippen molar-refractivity contribution < 1.29 is 39.0 Å². The number of imide groups is 2. The summed E-state index contributed by atoms with van der Waals surface area (Å²) in [7, 11) is 0. The molecule has 0 unspecified atom stereocenters. The number of hydrogen-bond donors (Lipinski definition) is 2. The zero-order chi connectivity index (χ0) is 18.2. The highest BCUT2D eigenvalue weighted by molar-refractivity contribution is 14.1. The Morgan fingerprint density at radius 2 is 1.13 bits per heavy atom. The highest BCUT2D eigenvalue weighted by Crippen LogP contribution is 2.10. The van der Waals surface area contributed by atoms with E-state index in [0.29, 0.717) is 0 Å². The van der Waals surface area contributed by atoms with Crippen molar-refractivity contribution in [3.8, 4) is 0 Å². The van der Waals surface area contributed by atoms with Crippen LogP contribution in [0.25, 0.3) is 0 Å². The van der Waals surface area contributed by atoms with Crippen LogP contribution < -0.4 is 0 Å². The van der Waals surface area contributed by atoms with Crippen molar-refractivity contribution in [1.82, 2.24) is 10.0 Å². The van der Waals surface area contributed by atoms with Crippen molar-refractivity contribution in [2.45, 2.75) is 32.6 Å². The monoisotopic (exact) mass is 442 g/mol. The van der Waals surface area contributed by atoms with Gasteiger partial charge < -0.3 is 10.2 Å². The highest BCUT2D eigenvalue weighted by Gasteiger charge is 2.34. The second kappa shape index (κ2) is 9.86. The molecule has 2 N–H and O–H groups in total. The fourth-order valence-electron chi connectivity index (χ4n) is 1.49. The first kappa shape index (κ1) is 20.9. The molecule has 0 aliphatic rings. The SMILES string of the molecule is CC(=O)N(C(=O)CCC(=O)O)N(C(=O)CI)C(=O)CCC(=O)O. The Bertz CT molecular complexity index is 533. The number of amides is 4. The number of carbonyl (C=O) groups is 6. The Kier molecular flexibility index (Phi) is 8.98. The summed E-state index contributed by atoms with van der Waals surface area (Å²) in [5.74, 6) is -6.49. The van der Waals surface area contributed by atoms with E-state index in [1.807, 2.05) is 0 Å². The molecule has 0 aromatic heterocycles. The van der Waals surface area contributed by atoms with Crippen molar-refractivity contribution >= 4 is 58.2 Å². The summed E-state index contributed by atoms with van der Waals surface area (Å²) in [5, 5.41) is 17.7. The van der Waals surface area contributed by atoms with Crippen LogP contribution in [0.4, 0.5) is 0 Å². The zero-order valence-corrected chi connectivity index (χ0v) is 14.3. The minimum atomic E-state index is -1.29. The van der Waals surface area contributed by atoms with Gasteiger partial charge in [0.15, 0.2) is 0 Å². The lowest BCUT2D eigenvalue weighted by Gasteiger charge is -2.30. The molecule has 0 spiro atoms. The van der Waals surface area contributed by atoms with Gasteiger partial charge in [-0.1, -0.05) is 22.6 Å². The number of halogens is 1. The van der Waals surface area contributed by atoms with E-state index in [0.717, 1.165) is 6.92 Å². The summed E-state index contributed by atoms with van der Waals surface area (Å²) in [6, 6.07) is 0. The highest BCUT2D eigenvalue weighted by atomic mass is 127. The maximum absolute atomic E-state index is 12.0. The van der Waals surface area contributed by atoms with Gasteiger partial charge in [-0.3, -0.25) is 28.8 Å². The van der Waals surface area contributed by atoms with E-state index in [9.17, 15) is 28.8 Å². The van der Waals surface area contributed by atoms with Gasteiger partial charge in [0, 0.05) is 19.8 Å². The van der Waals surface area contributed by atoms with E-state index in [2.05, 4.69) is 0 Å². The second-order valence-corrected chi connectivity index (χ2v) is 5.01. The molecule has 0 radical (unpaired) electrons. The predicted molar refractivity (Wildman–Crippen MR) is 82.0 cm³/mol. The Balaban J connectivity index is 5.41. The van der Waals surface area contributed by atoms with Gasteiger partial charge in [0.1, 0.15) is 0 Å². The van der Waals surface area contributed by atoms with Crippen LogP contribution >= 0.6 is 22.6 Å². The number of hydrazine groups is 1. The third-order valence-corrected chi connectivity index (χ3v) is 3.08. The second-order valence-electron chi connectivity index (χ2n) is 4.24. The molecule has 0 aromatic rings. The van der Waals surface area contributed by atoms with E-state index in [1.165, 1.54) is 0 Å². The summed E-state index contributed by atoms with van der Waals surface area (Å²) in [4.78, 5) is 68.5. The molecular formula is C12H15IN2O8. The number of alkyl halides is 1. The van der Waals surface area contributed by atoms with Crippen molar-refractivity contribution in [2.75, 3.05) is 4.43 Å². The lowest BCUT2D eigenvalue weighted by molar-refractivity contribution is -0.178. The van der Waals surface area contributed by atoms with Crippen LogP contribution in [-0.4, -0.2) is 60.2 Å². The molecule has 0 fully saturated rings. The summed E-state index contributed by atoms with van der Waals surface area (Å²) < 4.78 is -0.243. The number of carbonyl (C=O) groups excluding carboxylic acids is 4. The molecule has 11 heteroatoms. The van der Waals surface area contributed by atoms with Gasteiger partial charge >= 0.3 is 11.9 Å². The third-order valence-electron chi connectivity index (χ3n) is 2.43.